The smallest absolute Gasteiger partial charge is 0.248 e. The van der Waals surface area contributed by atoms with Crippen molar-refractivity contribution in [3.05, 3.63) is 64.7 Å². The Morgan fingerprint density at radius 1 is 1.04 bits per heavy atom. The molecule has 0 spiro atoms. The highest BCUT2D eigenvalue weighted by Gasteiger charge is 2.11. The summed E-state index contributed by atoms with van der Waals surface area (Å²) in [5, 5.41) is 2.89. The second-order valence-corrected chi connectivity index (χ2v) is 6.96. The first kappa shape index (κ1) is 16.6. The van der Waals surface area contributed by atoms with Crippen LogP contribution in [0.3, 0.4) is 0 Å². The van der Waals surface area contributed by atoms with Crippen molar-refractivity contribution in [1.82, 2.24) is 5.32 Å². The van der Waals surface area contributed by atoms with Gasteiger partial charge >= 0.3 is 0 Å². The first-order valence-electron chi connectivity index (χ1n) is 8.02. The number of fused-ring (bicyclic) bond motifs is 1. The van der Waals surface area contributed by atoms with Crippen molar-refractivity contribution < 1.29 is 9.59 Å². The van der Waals surface area contributed by atoms with Gasteiger partial charge in [-0.1, -0.05) is 18.2 Å². The van der Waals surface area contributed by atoms with Crippen LogP contribution in [0.4, 0.5) is 0 Å². The summed E-state index contributed by atoms with van der Waals surface area (Å²) in [6.45, 7) is 0.447. The molecule has 2 aromatic carbocycles. The molecule has 5 heteroatoms. The first-order chi connectivity index (χ1) is 11.6. The number of hydrogen-bond acceptors (Lipinski definition) is 3. The molecule has 0 aliphatic heterocycles. The topological polar surface area (TPSA) is 72.2 Å². The van der Waals surface area contributed by atoms with Gasteiger partial charge in [-0.05, 0) is 60.2 Å². The predicted octanol–water partition coefficient (Wildman–Crippen LogP) is 2.68. The number of amides is 2. The summed E-state index contributed by atoms with van der Waals surface area (Å²) >= 11 is 1.56. The van der Waals surface area contributed by atoms with Gasteiger partial charge in [0.2, 0.25) is 11.8 Å². The van der Waals surface area contributed by atoms with Gasteiger partial charge in [0.05, 0.1) is 5.75 Å². The molecule has 24 heavy (non-hydrogen) atoms. The van der Waals surface area contributed by atoms with E-state index in [1.807, 2.05) is 0 Å². The molecule has 0 bridgehead atoms. The highest BCUT2D eigenvalue weighted by atomic mass is 32.2. The zero-order chi connectivity index (χ0) is 16.9. The lowest BCUT2D eigenvalue weighted by molar-refractivity contribution is -0.118. The van der Waals surface area contributed by atoms with Crippen molar-refractivity contribution in [2.45, 2.75) is 30.7 Å². The third kappa shape index (κ3) is 4.17. The second kappa shape index (κ2) is 7.53. The molecule has 0 atom stereocenters. The fourth-order valence-electron chi connectivity index (χ4n) is 2.83. The minimum atomic E-state index is -0.448. The van der Waals surface area contributed by atoms with Crippen LogP contribution < -0.4 is 11.1 Å². The minimum absolute atomic E-state index is 0.000485. The molecule has 2 aromatic rings. The number of nitrogens with one attached hydrogen (secondary N) is 1. The van der Waals surface area contributed by atoms with E-state index in [1.54, 1.807) is 36.0 Å². The number of primary amides is 1. The average Bonchev–Trinajstić information content (AvgIpc) is 3.06. The van der Waals surface area contributed by atoms with Gasteiger partial charge in [-0.25, -0.2) is 0 Å². The molecule has 1 aliphatic carbocycles. The summed E-state index contributed by atoms with van der Waals surface area (Å²) in [7, 11) is 0. The second-order valence-electron chi connectivity index (χ2n) is 5.91. The van der Waals surface area contributed by atoms with E-state index in [2.05, 4.69) is 23.5 Å². The number of hydrogen-bond donors (Lipinski definition) is 2. The van der Waals surface area contributed by atoms with Crippen molar-refractivity contribution in [3.63, 3.8) is 0 Å². The number of rotatable bonds is 6. The molecule has 0 unspecified atom stereocenters. The summed E-state index contributed by atoms with van der Waals surface area (Å²) in [5.41, 5.74) is 9.49. The van der Waals surface area contributed by atoms with Gasteiger partial charge in [-0.2, -0.15) is 0 Å². The van der Waals surface area contributed by atoms with Crippen LogP contribution in [-0.2, 0) is 24.2 Å². The zero-order valence-corrected chi connectivity index (χ0v) is 14.2. The molecule has 3 N–H and O–H groups in total. The average molecular weight is 340 g/mol. The van der Waals surface area contributed by atoms with E-state index in [1.165, 1.54) is 24.0 Å². The maximum absolute atomic E-state index is 12.0. The first-order valence-corrected chi connectivity index (χ1v) is 9.00. The van der Waals surface area contributed by atoms with Crippen molar-refractivity contribution >= 4 is 23.6 Å². The van der Waals surface area contributed by atoms with Crippen LogP contribution in [0.1, 0.15) is 33.5 Å². The summed E-state index contributed by atoms with van der Waals surface area (Å²) in [4.78, 5) is 24.2. The van der Waals surface area contributed by atoms with E-state index in [0.29, 0.717) is 17.9 Å². The van der Waals surface area contributed by atoms with E-state index in [-0.39, 0.29) is 5.91 Å². The van der Waals surface area contributed by atoms with Crippen LogP contribution in [0.15, 0.2) is 47.4 Å². The van der Waals surface area contributed by atoms with Crippen LogP contribution in [0, 0.1) is 0 Å². The lowest BCUT2D eigenvalue weighted by atomic mass is 10.1. The van der Waals surface area contributed by atoms with E-state index >= 15 is 0 Å². The number of carbonyl (C=O) groups is 2. The van der Waals surface area contributed by atoms with Crippen LogP contribution in [0.2, 0.25) is 0 Å². The monoisotopic (exact) mass is 340 g/mol. The summed E-state index contributed by atoms with van der Waals surface area (Å²) < 4.78 is 0. The molecule has 4 nitrogen and oxygen atoms in total. The summed E-state index contributed by atoms with van der Waals surface area (Å²) in [5.74, 6) is -0.0474. The van der Waals surface area contributed by atoms with Crippen LogP contribution in [-0.4, -0.2) is 17.6 Å². The Bertz CT molecular complexity index is 756. The third-order valence-corrected chi connectivity index (χ3v) is 5.16. The third-order valence-electron chi connectivity index (χ3n) is 4.17. The largest absolute Gasteiger partial charge is 0.366 e. The molecular formula is C19H20N2O2S. The fourth-order valence-corrected chi connectivity index (χ4v) is 3.62. The Balaban J connectivity index is 1.46. The molecule has 1 aliphatic rings. The lowest BCUT2D eigenvalue weighted by Gasteiger charge is -2.07. The number of nitrogens with two attached hydrogens (primary N) is 1. The Morgan fingerprint density at radius 2 is 1.79 bits per heavy atom. The molecule has 124 valence electrons. The number of aryl methyl sites for hydroxylation is 2. The highest BCUT2D eigenvalue weighted by Crippen LogP contribution is 2.27. The molecule has 0 aromatic heterocycles. The highest BCUT2D eigenvalue weighted by molar-refractivity contribution is 8.00. The van der Waals surface area contributed by atoms with Gasteiger partial charge in [0.1, 0.15) is 0 Å². The molecule has 0 heterocycles. The fraction of sp³-hybridized carbons (Fsp3) is 0.263. The van der Waals surface area contributed by atoms with Crippen molar-refractivity contribution in [2.24, 2.45) is 5.73 Å². The molecule has 0 fully saturated rings. The lowest BCUT2D eigenvalue weighted by Crippen LogP contribution is -2.24. The van der Waals surface area contributed by atoms with E-state index in [4.69, 9.17) is 5.73 Å². The van der Waals surface area contributed by atoms with Gasteiger partial charge in [-0.3, -0.25) is 9.59 Å². The predicted molar refractivity (Wildman–Crippen MR) is 96.0 cm³/mol. The van der Waals surface area contributed by atoms with E-state index in [0.717, 1.165) is 16.9 Å². The molecule has 3 rings (SSSR count). The summed E-state index contributed by atoms with van der Waals surface area (Å²) in [6.07, 6.45) is 3.56. The molecule has 0 saturated heterocycles. The van der Waals surface area contributed by atoms with Gasteiger partial charge in [0, 0.05) is 17.0 Å². The summed E-state index contributed by atoms with van der Waals surface area (Å²) in [6, 6.07) is 13.4. The minimum Gasteiger partial charge on any atom is -0.366 e. The quantitative estimate of drug-likeness (QED) is 0.794. The van der Waals surface area contributed by atoms with Gasteiger partial charge in [-0.15, -0.1) is 11.8 Å². The standard InChI is InChI=1S/C19H20N2O2S/c20-19(23)15-6-4-13(5-7-15)11-21-18(22)12-24-17-9-8-14-2-1-3-16(14)10-17/h4-10H,1-3,11-12H2,(H2,20,23)(H,21,22). The maximum Gasteiger partial charge on any atom is 0.248 e. The van der Waals surface area contributed by atoms with Gasteiger partial charge in [0.15, 0.2) is 0 Å². The molecule has 0 radical (unpaired) electrons. The Kier molecular flexibility index (Phi) is 5.20. The SMILES string of the molecule is NC(=O)c1ccc(CNC(=O)CSc2ccc3c(c2)CCC3)cc1. The van der Waals surface area contributed by atoms with Gasteiger partial charge in [0.25, 0.3) is 0 Å². The zero-order valence-electron chi connectivity index (χ0n) is 13.4. The number of thioether (sulfide) groups is 1. The van der Waals surface area contributed by atoms with Crippen LogP contribution in [0.5, 0.6) is 0 Å². The number of carbonyl (C=O) groups excluding carboxylic acids is 2. The van der Waals surface area contributed by atoms with Crippen molar-refractivity contribution in [3.8, 4) is 0 Å². The Morgan fingerprint density at radius 3 is 2.54 bits per heavy atom. The molecule has 0 saturated carbocycles. The van der Waals surface area contributed by atoms with E-state index < -0.39 is 5.91 Å². The maximum atomic E-state index is 12.0. The van der Waals surface area contributed by atoms with E-state index in [9.17, 15) is 9.59 Å². The van der Waals surface area contributed by atoms with Crippen LogP contribution >= 0.6 is 11.8 Å². The van der Waals surface area contributed by atoms with Gasteiger partial charge < -0.3 is 11.1 Å². The molecule has 2 amide bonds. The van der Waals surface area contributed by atoms with Crippen molar-refractivity contribution in [1.29, 1.82) is 0 Å². The Hall–Kier alpha value is -2.27. The number of benzene rings is 2. The Labute approximate surface area is 145 Å². The van der Waals surface area contributed by atoms with Crippen molar-refractivity contribution in [2.75, 3.05) is 5.75 Å². The van der Waals surface area contributed by atoms with Crippen LogP contribution in [0.25, 0.3) is 0 Å². The molecular weight excluding hydrogens is 320 g/mol. The normalized spacial score (nSPS) is 12.7.